The molecule has 126 valence electrons. The number of nitrogen functional groups attached to an aromatic ring is 1. The van der Waals surface area contributed by atoms with Gasteiger partial charge in [-0.1, -0.05) is 54.6 Å². The van der Waals surface area contributed by atoms with Crippen molar-refractivity contribution in [2.75, 3.05) is 24.7 Å². The highest BCUT2D eigenvalue weighted by Crippen LogP contribution is 2.42. The molecule has 1 aliphatic carbocycles. The Morgan fingerprint density at radius 2 is 1.80 bits per heavy atom. The maximum absolute atomic E-state index is 5.99. The van der Waals surface area contributed by atoms with Gasteiger partial charge in [0, 0.05) is 42.9 Å². The fourth-order valence-electron chi connectivity index (χ4n) is 3.65. The van der Waals surface area contributed by atoms with Crippen molar-refractivity contribution in [1.29, 1.82) is 0 Å². The van der Waals surface area contributed by atoms with Gasteiger partial charge in [0.1, 0.15) is 0 Å². The predicted octanol–water partition coefficient (Wildman–Crippen LogP) is 3.61. The number of rotatable bonds is 3. The van der Waals surface area contributed by atoms with Crippen LogP contribution in [0.25, 0.3) is 6.08 Å². The van der Waals surface area contributed by atoms with E-state index in [1.165, 1.54) is 16.8 Å². The van der Waals surface area contributed by atoms with E-state index in [4.69, 9.17) is 5.73 Å². The van der Waals surface area contributed by atoms with E-state index in [0.29, 0.717) is 5.82 Å². The summed E-state index contributed by atoms with van der Waals surface area (Å²) in [4.78, 5) is 2.13. The van der Waals surface area contributed by atoms with E-state index in [9.17, 15) is 0 Å². The largest absolute Gasteiger partial charge is 0.382 e. The number of anilines is 2. The number of hydrogen-bond acceptors (Lipinski definition) is 3. The van der Waals surface area contributed by atoms with Crippen molar-refractivity contribution in [2.45, 2.75) is 11.8 Å². The standard InChI is InChI=1S/C21H22N4/c1-25(2)17-10-6-9-16(13-17)21(15-7-4-3-5-8-15)12-11-18-19(14-21)23-24-20(18)22/h3-13H,14H2,1-2H3,(H3,22,23,24). The number of benzene rings is 2. The van der Waals surface area contributed by atoms with Crippen molar-refractivity contribution < 1.29 is 0 Å². The van der Waals surface area contributed by atoms with E-state index in [2.05, 4.69) is 95.9 Å². The van der Waals surface area contributed by atoms with Crippen LogP contribution >= 0.6 is 0 Å². The molecule has 25 heavy (non-hydrogen) atoms. The molecule has 0 bridgehead atoms. The Bertz CT molecular complexity index is 924. The Hall–Kier alpha value is -3.01. The number of aromatic amines is 1. The third kappa shape index (κ3) is 2.50. The molecule has 0 aliphatic heterocycles. The average molecular weight is 330 g/mol. The molecule has 0 spiro atoms. The van der Waals surface area contributed by atoms with Crippen molar-refractivity contribution in [3.63, 3.8) is 0 Å². The number of nitrogens with two attached hydrogens (primary N) is 1. The van der Waals surface area contributed by atoms with Crippen LogP contribution in [0.5, 0.6) is 0 Å². The van der Waals surface area contributed by atoms with Crippen molar-refractivity contribution >= 4 is 17.6 Å². The lowest BCUT2D eigenvalue weighted by Gasteiger charge is -2.35. The highest BCUT2D eigenvalue weighted by atomic mass is 15.2. The minimum Gasteiger partial charge on any atom is -0.382 e. The lowest BCUT2D eigenvalue weighted by atomic mass is 9.68. The van der Waals surface area contributed by atoms with Crippen LogP contribution in [0.15, 0.2) is 60.7 Å². The van der Waals surface area contributed by atoms with Crippen LogP contribution in [-0.2, 0) is 11.8 Å². The molecule has 1 aromatic heterocycles. The molecule has 4 heteroatoms. The van der Waals surface area contributed by atoms with Gasteiger partial charge in [-0.05, 0) is 23.3 Å². The van der Waals surface area contributed by atoms with Crippen LogP contribution in [0.4, 0.5) is 11.5 Å². The lowest BCUT2D eigenvalue weighted by molar-refractivity contribution is 0.620. The molecule has 3 N–H and O–H groups in total. The fraction of sp³-hybridized carbons (Fsp3) is 0.190. The minimum atomic E-state index is -0.237. The van der Waals surface area contributed by atoms with Gasteiger partial charge in [-0.2, -0.15) is 5.10 Å². The minimum absolute atomic E-state index is 0.237. The second-order valence-electron chi connectivity index (χ2n) is 6.79. The molecule has 0 fully saturated rings. The first-order chi connectivity index (χ1) is 12.1. The smallest absolute Gasteiger partial charge is 0.152 e. The molecular formula is C21H22N4. The first-order valence-electron chi connectivity index (χ1n) is 8.45. The highest BCUT2D eigenvalue weighted by molar-refractivity contribution is 5.70. The van der Waals surface area contributed by atoms with Gasteiger partial charge in [-0.25, -0.2) is 0 Å². The van der Waals surface area contributed by atoms with Gasteiger partial charge in [-0.15, -0.1) is 0 Å². The number of fused-ring (bicyclic) bond motifs is 1. The molecule has 0 saturated heterocycles. The quantitative estimate of drug-likeness (QED) is 0.771. The average Bonchev–Trinajstić information content (AvgIpc) is 3.02. The third-order valence-corrected chi connectivity index (χ3v) is 5.07. The monoisotopic (exact) mass is 330 g/mol. The maximum Gasteiger partial charge on any atom is 0.152 e. The molecular weight excluding hydrogens is 308 g/mol. The Balaban J connectivity index is 1.92. The van der Waals surface area contributed by atoms with Crippen LogP contribution in [0, 0.1) is 0 Å². The number of allylic oxidation sites excluding steroid dienone is 1. The van der Waals surface area contributed by atoms with Gasteiger partial charge in [0.25, 0.3) is 0 Å². The molecule has 0 saturated carbocycles. The summed E-state index contributed by atoms with van der Waals surface area (Å²) in [5.41, 5.74) is 11.6. The molecule has 4 rings (SSSR count). The van der Waals surface area contributed by atoms with E-state index < -0.39 is 0 Å². The number of nitrogens with zero attached hydrogens (tertiary/aromatic N) is 2. The second kappa shape index (κ2) is 5.81. The second-order valence-corrected chi connectivity index (χ2v) is 6.79. The van der Waals surface area contributed by atoms with Gasteiger partial charge in [0.2, 0.25) is 0 Å². The summed E-state index contributed by atoms with van der Waals surface area (Å²) < 4.78 is 0. The number of hydrogen-bond donors (Lipinski definition) is 2. The van der Waals surface area contributed by atoms with Crippen molar-refractivity contribution in [2.24, 2.45) is 0 Å². The number of aromatic nitrogens is 2. The Kier molecular flexibility index (Phi) is 3.61. The maximum atomic E-state index is 5.99. The van der Waals surface area contributed by atoms with E-state index in [0.717, 1.165) is 17.7 Å². The van der Waals surface area contributed by atoms with Crippen molar-refractivity contribution in [3.8, 4) is 0 Å². The predicted molar refractivity (Wildman–Crippen MR) is 104 cm³/mol. The Morgan fingerprint density at radius 1 is 1.04 bits per heavy atom. The van der Waals surface area contributed by atoms with E-state index in [1.54, 1.807) is 0 Å². The summed E-state index contributed by atoms with van der Waals surface area (Å²) in [6.45, 7) is 0. The zero-order valence-electron chi connectivity index (χ0n) is 14.5. The fourth-order valence-corrected chi connectivity index (χ4v) is 3.65. The molecule has 3 aromatic rings. The van der Waals surface area contributed by atoms with Gasteiger partial charge in [-0.3, -0.25) is 5.10 Å². The number of H-pyrrole nitrogens is 1. The lowest BCUT2D eigenvalue weighted by Crippen LogP contribution is -2.30. The molecule has 2 aromatic carbocycles. The summed E-state index contributed by atoms with van der Waals surface area (Å²) in [6, 6.07) is 19.4. The summed E-state index contributed by atoms with van der Waals surface area (Å²) in [5, 5.41) is 7.31. The molecule has 0 radical (unpaired) electrons. The Morgan fingerprint density at radius 3 is 2.56 bits per heavy atom. The Labute approximate surface area is 148 Å². The van der Waals surface area contributed by atoms with Crippen LogP contribution < -0.4 is 10.6 Å². The molecule has 1 atom stereocenters. The van der Waals surface area contributed by atoms with Crippen LogP contribution in [0.2, 0.25) is 0 Å². The molecule has 4 nitrogen and oxygen atoms in total. The van der Waals surface area contributed by atoms with Crippen LogP contribution in [-0.4, -0.2) is 24.3 Å². The topological polar surface area (TPSA) is 57.9 Å². The molecule has 0 amide bonds. The first-order valence-corrected chi connectivity index (χ1v) is 8.45. The first kappa shape index (κ1) is 15.5. The van der Waals surface area contributed by atoms with E-state index >= 15 is 0 Å². The molecule has 1 heterocycles. The summed E-state index contributed by atoms with van der Waals surface area (Å²) >= 11 is 0. The van der Waals surface area contributed by atoms with Gasteiger partial charge >= 0.3 is 0 Å². The molecule has 1 aliphatic rings. The zero-order chi connectivity index (χ0) is 17.4. The summed E-state index contributed by atoms with van der Waals surface area (Å²) in [6.07, 6.45) is 5.18. The van der Waals surface area contributed by atoms with Crippen LogP contribution in [0.3, 0.4) is 0 Å². The van der Waals surface area contributed by atoms with Gasteiger partial charge in [0.15, 0.2) is 5.82 Å². The number of nitrogens with one attached hydrogen (secondary N) is 1. The summed E-state index contributed by atoms with van der Waals surface area (Å²) in [7, 11) is 4.14. The highest BCUT2D eigenvalue weighted by Gasteiger charge is 2.36. The zero-order valence-corrected chi connectivity index (χ0v) is 14.5. The van der Waals surface area contributed by atoms with Crippen molar-refractivity contribution in [1.82, 2.24) is 10.2 Å². The summed E-state index contributed by atoms with van der Waals surface area (Å²) in [5.74, 6) is 0.565. The van der Waals surface area contributed by atoms with E-state index in [-0.39, 0.29) is 5.41 Å². The third-order valence-electron chi connectivity index (χ3n) is 5.07. The van der Waals surface area contributed by atoms with Crippen LogP contribution in [0.1, 0.15) is 22.4 Å². The van der Waals surface area contributed by atoms with Gasteiger partial charge < -0.3 is 10.6 Å². The van der Waals surface area contributed by atoms with E-state index in [1.807, 2.05) is 0 Å². The van der Waals surface area contributed by atoms with Gasteiger partial charge in [0.05, 0.1) is 0 Å². The normalized spacial score (nSPS) is 18.8. The van der Waals surface area contributed by atoms with Crippen molar-refractivity contribution in [3.05, 3.63) is 83.1 Å². The molecule has 1 unspecified atom stereocenters. The SMILES string of the molecule is CN(C)c1cccc(C2(c3ccccc3)C=Cc3c(N)n[nH]c3C2)c1.